The van der Waals surface area contributed by atoms with Crippen LogP contribution in [0.1, 0.15) is 43.2 Å². The van der Waals surface area contributed by atoms with Gasteiger partial charge in [0, 0.05) is 28.5 Å². The summed E-state index contributed by atoms with van der Waals surface area (Å²) < 4.78 is 1.08. The van der Waals surface area contributed by atoms with Crippen LogP contribution in [-0.2, 0) is 0 Å². The average Bonchev–Trinajstić information content (AvgIpc) is 2.72. The first-order chi connectivity index (χ1) is 14.1. The smallest absolute Gasteiger partial charge is 0.225 e. The Balaban J connectivity index is 1.69. The molecule has 1 aromatic carbocycles. The second-order valence-corrected chi connectivity index (χ2v) is 8.61. The number of aromatic nitrogens is 3. The summed E-state index contributed by atoms with van der Waals surface area (Å²) in [5, 5.41) is 7.07. The van der Waals surface area contributed by atoms with Gasteiger partial charge in [-0.1, -0.05) is 41.3 Å². The summed E-state index contributed by atoms with van der Waals surface area (Å²) in [7, 11) is 0. The number of hydrogen-bond donors (Lipinski definition) is 2. The maximum Gasteiger partial charge on any atom is 0.225 e. The van der Waals surface area contributed by atoms with Crippen molar-refractivity contribution < 1.29 is 0 Å². The number of benzene rings is 1. The molecule has 1 aliphatic rings. The van der Waals surface area contributed by atoms with E-state index >= 15 is 0 Å². The molecule has 5 nitrogen and oxygen atoms in total. The Labute approximate surface area is 180 Å². The van der Waals surface area contributed by atoms with Crippen molar-refractivity contribution in [3.8, 4) is 11.4 Å². The highest BCUT2D eigenvalue weighted by molar-refractivity contribution is 9.10. The lowest BCUT2D eigenvalue weighted by atomic mass is 9.96. The van der Waals surface area contributed by atoms with Gasteiger partial charge in [-0.05, 0) is 62.1 Å². The minimum Gasteiger partial charge on any atom is -0.351 e. The normalized spacial score (nSPS) is 14.6. The number of aryl methyl sites for hydroxylation is 2. The highest BCUT2D eigenvalue weighted by Gasteiger charge is 2.16. The third-order valence-corrected chi connectivity index (χ3v) is 5.80. The average molecular weight is 452 g/mol. The quantitative estimate of drug-likeness (QED) is 0.469. The summed E-state index contributed by atoms with van der Waals surface area (Å²) >= 11 is 3.57. The van der Waals surface area contributed by atoms with Gasteiger partial charge in [-0.3, -0.25) is 4.98 Å². The van der Waals surface area contributed by atoms with Crippen molar-refractivity contribution in [3.63, 3.8) is 0 Å². The summed E-state index contributed by atoms with van der Waals surface area (Å²) in [6, 6.07) is 12.5. The highest BCUT2D eigenvalue weighted by atomic mass is 79.9. The summed E-state index contributed by atoms with van der Waals surface area (Å²) in [6.07, 6.45) is 7.99. The van der Waals surface area contributed by atoms with Crippen molar-refractivity contribution >= 4 is 33.4 Å². The Bertz CT molecular complexity index is 961. The molecular formula is C23H26BrN5. The van der Waals surface area contributed by atoms with Gasteiger partial charge in [0.15, 0.2) is 0 Å². The van der Waals surface area contributed by atoms with Gasteiger partial charge in [0.05, 0.1) is 11.4 Å². The molecule has 0 radical (unpaired) electrons. The van der Waals surface area contributed by atoms with Gasteiger partial charge >= 0.3 is 0 Å². The zero-order chi connectivity index (χ0) is 20.2. The molecule has 6 heteroatoms. The van der Waals surface area contributed by atoms with Gasteiger partial charge in [-0.25, -0.2) is 4.98 Å². The van der Waals surface area contributed by atoms with Gasteiger partial charge < -0.3 is 10.6 Å². The third kappa shape index (κ3) is 4.93. The Kier molecular flexibility index (Phi) is 6.09. The first-order valence-electron chi connectivity index (χ1n) is 10.2. The van der Waals surface area contributed by atoms with Crippen LogP contribution in [0.3, 0.4) is 0 Å². The SMILES string of the molecule is Cc1cc(Br)cc(C)c1Nc1cc(-c2ccccn2)nc(NC2CCCCC2)n1. The molecule has 2 heterocycles. The molecule has 1 aliphatic carbocycles. The molecule has 2 N–H and O–H groups in total. The molecule has 0 bridgehead atoms. The monoisotopic (exact) mass is 451 g/mol. The summed E-state index contributed by atoms with van der Waals surface area (Å²) in [4.78, 5) is 14.0. The highest BCUT2D eigenvalue weighted by Crippen LogP contribution is 2.30. The van der Waals surface area contributed by atoms with Crippen LogP contribution in [0.15, 0.2) is 47.1 Å². The fraction of sp³-hybridized carbons (Fsp3) is 0.348. The molecule has 29 heavy (non-hydrogen) atoms. The Hall–Kier alpha value is -2.47. The van der Waals surface area contributed by atoms with Crippen molar-refractivity contribution in [3.05, 3.63) is 58.2 Å². The number of halogens is 1. The van der Waals surface area contributed by atoms with E-state index in [-0.39, 0.29) is 0 Å². The van der Waals surface area contributed by atoms with Crippen LogP contribution < -0.4 is 10.6 Å². The zero-order valence-electron chi connectivity index (χ0n) is 16.9. The number of nitrogens with zero attached hydrogens (tertiary/aromatic N) is 3. The standard InChI is InChI=1S/C23H26BrN5/c1-15-12-17(24)13-16(2)22(15)28-21-14-20(19-10-6-7-11-25-19)27-23(29-21)26-18-8-4-3-5-9-18/h6-7,10-14,18H,3-5,8-9H2,1-2H3,(H2,26,27,28,29). The number of rotatable bonds is 5. The zero-order valence-corrected chi connectivity index (χ0v) is 18.5. The van der Waals surface area contributed by atoms with Crippen molar-refractivity contribution in [2.75, 3.05) is 10.6 Å². The fourth-order valence-corrected chi connectivity index (χ4v) is 4.57. The van der Waals surface area contributed by atoms with E-state index in [0.717, 1.165) is 38.5 Å². The molecule has 4 rings (SSSR count). The van der Waals surface area contributed by atoms with E-state index in [9.17, 15) is 0 Å². The minimum absolute atomic E-state index is 0.437. The molecule has 0 unspecified atom stereocenters. The predicted molar refractivity (Wildman–Crippen MR) is 123 cm³/mol. The van der Waals surface area contributed by atoms with Crippen LogP contribution in [-0.4, -0.2) is 21.0 Å². The number of nitrogens with one attached hydrogen (secondary N) is 2. The summed E-state index contributed by atoms with van der Waals surface area (Å²) in [6.45, 7) is 4.20. The van der Waals surface area contributed by atoms with E-state index in [4.69, 9.17) is 9.97 Å². The van der Waals surface area contributed by atoms with E-state index in [0.29, 0.717) is 12.0 Å². The van der Waals surface area contributed by atoms with E-state index in [1.165, 1.54) is 32.1 Å². The molecule has 0 atom stereocenters. The van der Waals surface area contributed by atoms with Crippen LogP contribution in [0.25, 0.3) is 11.4 Å². The molecule has 1 saturated carbocycles. The number of pyridine rings is 1. The predicted octanol–water partition coefficient (Wildman–Crippen LogP) is 6.41. The second kappa shape index (κ2) is 8.91. The van der Waals surface area contributed by atoms with Gasteiger partial charge in [0.25, 0.3) is 0 Å². The van der Waals surface area contributed by atoms with E-state index < -0.39 is 0 Å². The maximum absolute atomic E-state index is 4.78. The molecule has 0 spiro atoms. The van der Waals surface area contributed by atoms with Crippen LogP contribution in [0.2, 0.25) is 0 Å². The van der Waals surface area contributed by atoms with E-state index in [1.54, 1.807) is 6.20 Å². The lowest BCUT2D eigenvalue weighted by Gasteiger charge is -2.23. The van der Waals surface area contributed by atoms with E-state index in [1.807, 2.05) is 24.3 Å². The van der Waals surface area contributed by atoms with Gasteiger partial charge in [-0.2, -0.15) is 4.98 Å². The van der Waals surface area contributed by atoms with Crippen molar-refractivity contribution in [2.24, 2.45) is 0 Å². The Morgan fingerprint density at radius 1 is 0.931 bits per heavy atom. The molecule has 2 aromatic heterocycles. The van der Waals surface area contributed by atoms with E-state index in [2.05, 4.69) is 57.5 Å². The summed E-state index contributed by atoms with van der Waals surface area (Å²) in [5.74, 6) is 1.43. The van der Waals surface area contributed by atoms with Crippen molar-refractivity contribution in [2.45, 2.75) is 52.0 Å². The molecule has 0 aliphatic heterocycles. The van der Waals surface area contributed by atoms with Crippen LogP contribution in [0.5, 0.6) is 0 Å². The lowest BCUT2D eigenvalue weighted by molar-refractivity contribution is 0.461. The first kappa shape index (κ1) is 19.8. The molecule has 1 fully saturated rings. The molecular weight excluding hydrogens is 426 g/mol. The Morgan fingerprint density at radius 2 is 1.69 bits per heavy atom. The lowest BCUT2D eigenvalue weighted by Crippen LogP contribution is -2.23. The van der Waals surface area contributed by atoms with Gasteiger partial charge in [0.2, 0.25) is 5.95 Å². The van der Waals surface area contributed by atoms with Crippen molar-refractivity contribution in [1.29, 1.82) is 0 Å². The number of hydrogen-bond acceptors (Lipinski definition) is 5. The van der Waals surface area contributed by atoms with Gasteiger partial charge in [-0.15, -0.1) is 0 Å². The first-order valence-corrected chi connectivity index (χ1v) is 11.0. The minimum atomic E-state index is 0.437. The molecule has 0 amide bonds. The molecule has 0 saturated heterocycles. The van der Waals surface area contributed by atoms with Crippen LogP contribution in [0, 0.1) is 13.8 Å². The Morgan fingerprint density at radius 3 is 2.38 bits per heavy atom. The van der Waals surface area contributed by atoms with Crippen molar-refractivity contribution in [1.82, 2.24) is 15.0 Å². The maximum atomic E-state index is 4.78. The van der Waals surface area contributed by atoms with Crippen LogP contribution >= 0.6 is 15.9 Å². The topological polar surface area (TPSA) is 62.7 Å². The van der Waals surface area contributed by atoms with Crippen LogP contribution in [0.4, 0.5) is 17.5 Å². The second-order valence-electron chi connectivity index (χ2n) is 7.70. The largest absolute Gasteiger partial charge is 0.351 e. The number of anilines is 3. The molecule has 150 valence electrons. The summed E-state index contributed by atoms with van der Waals surface area (Å²) in [5.41, 5.74) is 5.05. The molecule has 3 aromatic rings. The fourth-order valence-electron chi connectivity index (χ4n) is 3.89. The van der Waals surface area contributed by atoms with Gasteiger partial charge in [0.1, 0.15) is 5.82 Å². The third-order valence-electron chi connectivity index (χ3n) is 5.34.